The summed E-state index contributed by atoms with van der Waals surface area (Å²) in [4.78, 5) is 21.6. The molecule has 0 saturated carbocycles. The standard InChI is InChI=1S/C14H12F3N3O5/c1-8-4-10(19-25-8)7-24-13(21)6-18-11-3-2-9(14(15,16)17)5-12(11)20(22)23/h2-5,18H,6-7H2,1H3. The number of hydrogen-bond donors (Lipinski definition) is 1. The second-order valence-corrected chi connectivity index (χ2v) is 4.93. The third-order valence-corrected chi connectivity index (χ3v) is 3.00. The summed E-state index contributed by atoms with van der Waals surface area (Å²) in [7, 11) is 0. The summed E-state index contributed by atoms with van der Waals surface area (Å²) in [6.45, 7) is 1.03. The van der Waals surface area contributed by atoms with Gasteiger partial charge in [0.2, 0.25) is 0 Å². The molecule has 0 aliphatic rings. The first kappa shape index (κ1) is 18.2. The summed E-state index contributed by atoms with van der Waals surface area (Å²) in [5, 5.41) is 16.9. The van der Waals surface area contributed by atoms with E-state index in [1.807, 2.05) is 0 Å². The number of halogens is 3. The Bertz CT molecular complexity index is 788. The van der Waals surface area contributed by atoms with Crippen LogP contribution in [0.15, 0.2) is 28.8 Å². The highest BCUT2D eigenvalue weighted by molar-refractivity contribution is 5.76. The average molecular weight is 359 g/mol. The van der Waals surface area contributed by atoms with Crippen molar-refractivity contribution in [2.24, 2.45) is 0 Å². The zero-order valence-electron chi connectivity index (χ0n) is 12.8. The molecule has 0 amide bonds. The fraction of sp³-hybridized carbons (Fsp3) is 0.286. The predicted molar refractivity (Wildman–Crippen MR) is 77.6 cm³/mol. The van der Waals surface area contributed by atoms with Crippen molar-refractivity contribution in [2.75, 3.05) is 11.9 Å². The monoisotopic (exact) mass is 359 g/mol. The minimum atomic E-state index is -4.71. The van der Waals surface area contributed by atoms with Crippen LogP contribution in [0.4, 0.5) is 24.5 Å². The molecule has 0 aliphatic carbocycles. The number of rotatable bonds is 6. The first-order chi connectivity index (χ1) is 11.7. The number of alkyl halides is 3. The number of esters is 1. The van der Waals surface area contributed by atoms with Crippen LogP contribution >= 0.6 is 0 Å². The van der Waals surface area contributed by atoms with E-state index in [9.17, 15) is 28.1 Å². The molecule has 0 bridgehead atoms. The number of ether oxygens (including phenoxy) is 1. The van der Waals surface area contributed by atoms with Crippen LogP contribution in [0.25, 0.3) is 0 Å². The number of nitrogens with zero attached hydrogens (tertiary/aromatic N) is 2. The fourth-order valence-electron chi connectivity index (χ4n) is 1.87. The second kappa shape index (κ2) is 7.20. The van der Waals surface area contributed by atoms with Gasteiger partial charge in [0.05, 0.1) is 10.5 Å². The maximum Gasteiger partial charge on any atom is 0.416 e. The van der Waals surface area contributed by atoms with Crippen LogP contribution in [-0.2, 0) is 22.3 Å². The van der Waals surface area contributed by atoms with E-state index in [0.29, 0.717) is 23.6 Å². The van der Waals surface area contributed by atoms with Gasteiger partial charge in [-0.05, 0) is 19.1 Å². The molecular weight excluding hydrogens is 347 g/mol. The lowest BCUT2D eigenvalue weighted by Gasteiger charge is -2.10. The smallest absolute Gasteiger partial charge is 0.416 e. The van der Waals surface area contributed by atoms with Gasteiger partial charge < -0.3 is 14.6 Å². The van der Waals surface area contributed by atoms with Crippen LogP contribution in [0.3, 0.4) is 0 Å². The van der Waals surface area contributed by atoms with Gasteiger partial charge in [-0.2, -0.15) is 13.2 Å². The van der Waals surface area contributed by atoms with Crippen molar-refractivity contribution in [2.45, 2.75) is 19.7 Å². The van der Waals surface area contributed by atoms with E-state index in [-0.39, 0.29) is 12.3 Å². The van der Waals surface area contributed by atoms with Crippen LogP contribution in [-0.4, -0.2) is 22.6 Å². The summed E-state index contributed by atoms with van der Waals surface area (Å²) >= 11 is 0. The highest BCUT2D eigenvalue weighted by atomic mass is 19.4. The normalized spacial score (nSPS) is 11.2. The number of anilines is 1. The van der Waals surface area contributed by atoms with Gasteiger partial charge in [-0.15, -0.1) is 0 Å². The number of aryl methyl sites for hydroxylation is 1. The highest BCUT2D eigenvalue weighted by Gasteiger charge is 2.33. The quantitative estimate of drug-likeness (QED) is 0.480. The van der Waals surface area contributed by atoms with Crippen molar-refractivity contribution in [1.29, 1.82) is 0 Å². The minimum Gasteiger partial charge on any atom is -0.458 e. The van der Waals surface area contributed by atoms with Crippen molar-refractivity contribution in [3.8, 4) is 0 Å². The van der Waals surface area contributed by atoms with E-state index in [4.69, 9.17) is 9.26 Å². The van der Waals surface area contributed by atoms with Crippen LogP contribution in [0.2, 0.25) is 0 Å². The van der Waals surface area contributed by atoms with E-state index < -0.39 is 34.9 Å². The molecule has 11 heteroatoms. The molecule has 1 aromatic carbocycles. The predicted octanol–water partition coefficient (Wildman–Crippen LogP) is 3.07. The molecular formula is C14H12F3N3O5. The lowest BCUT2D eigenvalue weighted by Crippen LogP contribution is -2.17. The zero-order chi connectivity index (χ0) is 18.6. The SMILES string of the molecule is Cc1cc(COC(=O)CNc2ccc(C(F)(F)F)cc2[N+](=O)[O-])no1. The number of hydrogen-bond acceptors (Lipinski definition) is 7. The van der Waals surface area contributed by atoms with Gasteiger partial charge in [0, 0.05) is 12.1 Å². The molecule has 0 spiro atoms. The van der Waals surface area contributed by atoms with Crippen LogP contribution < -0.4 is 5.32 Å². The Hall–Kier alpha value is -3.11. The molecule has 0 fully saturated rings. The first-order valence-electron chi connectivity index (χ1n) is 6.84. The molecule has 0 saturated heterocycles. The lowest BCUT2D eigenvalue weighted by molar-refractivity contribution is -0.384. The Morgan fingerprint density at radius 1 is 1.40 bits per heavy atom. The van der Waals surface area contributed by atoms with E-state index in [1.54, 1.807) is 13.0 Å². The fourth-order valence-corrected chi connectivity index (χ4v) is 1.87. The first-order valence-corrected chi connectivity index (χ1v) is 6.84. The van der Waals surface area contributed by atoms with Crippen LogP contribution in [0.1, 0.15) is 17.0 Å². The molecule has 0 radical (unpaired) electrons. The van der Waals surface area contributed by atoms with Crippen LogP contribution in [0, 0.1) is 17.0 Å². The van der Waals surface area contributed by atoms with Gasteiger partial charge in [-0.25, -0.2) is 0 Å². The van der Waals surface area contributed by atoms with Gasteiger partial charge in [-0.3, -0.25) is 14.9 Å². The maximum absolute atomic E-state index is 12.6. The van der Waals surface area contributed by atoms with Gasteiger partial charge in [0.1, 0.15) is 30.3 Å². The number of carbonyl (C=O) groups excluding carboxylic acids is 1. The summed E-state index contributed by atoms with van der Waals surface area (Å²) in [5.41, 5.74) is -1.80. The summed E-state index contributed by atoms with van der Waals surface area (Å²) in [5.74, 6) is -0.237. The Kier molecular flexibility index (Phi) is 5.25. The number of aromatic nitrogens is 1. The number of carbonyl (C=O) groups is 1. The number of nitro groups is 1. The Labute approximate surface area is 138 Å². The van der Waals surface area contributed by atoms with E-state index in [2.05, 4.69) is 10.5 Å². The van der Waals surface area contributed by atoms with Gasteiger partial charge >= 0.3 is 12.1 Å². The number of nitro benzene ring substituents is 1. The molecule has 2 rings (SSSR count). The molecule has 0 atom stereocenters. The van der Waals surface area contributed by atoms with Gasteiger partial charge in [-0.1, -0.05) is 5.16 Å². The van der Waals surface area contributed by atoms with Crippen molar-refractivity contribution >= 4 is 17.3 Å². The summed E-state index contributed by atoms with van der Waals surface area (Å²) in [6, 6.07) is 3.52. The lowest BCUT2D eigenvalue weighted by atomic mass is 10.1. The Morgan fingerprint density at radius 3 is 2.68 bits per heavy atom. The molecule has 1 heterocycles. The molecule has 0 aliphatic heterocycles. The van der Waals surface area contributed by atoms with Gasteiger partial charge in [0.25, 0.3) is 5.69 Å². The molecule has 0 unspecified atom stereocenters. The average Bonchev–Trinajstić information content (AvgIpc) is 2.95. The molecule has 134 valence electrons. The van der Waals surface area contributed by atoms with E-state index in [0.717, 1.165) is 6.07 Å². The highest BCUT2D eigenvalue weighted by Crippen LogP contribution is 2.34. The molecule has 1 N–H and O–H groups in total. The van der Waals surface area contributed by atoms with Crippen molar-refractivity contribution in [3.63, 3.8) is 0 Å². The number of benzene rings is 1. The second-order valence-electron chi connectivity index (χ2n) is 4.93. The summed E-state index contributed by atoms with van der Waals surface area (Å²) < 4.78 is 47.5. The van der Waals surface area contributed by atoms with E-state index in [1.165, 1.54) is 0 Å². The number of nitrogens with one attached hydrogen (secondary N) is 1. The van der Waals surface area contributed by atoms with Crippen molar-refractivity contribution < 1.29 is 32.1 Å². The molecule has 8 nitrogen and oxygen atoms in total. The largest absolute Gasteiger partial charge is 0.458 e. The minimum absolute atomic E-state index is 0.160. The van der Waals surface area contributed by atoms with Crippen molar-refractivity contribution in [3.05, 3.63) is 51.4 Å². The van der Waals surface area contributed by atoms with Crippen LogP contribution in [0.5, 0.6) is 0 Å². The topological polar surface area (TPSA) is 108 Å². The molecule has 2 aromatic rings. The summed E-state index contributed by atoms with van der Waals surface area (Å²) in [6.07, 6.45) is -4.71. The van der Waals surface area contributed by atoms with E-state index >= 15 is 0 Å². The third kappa shape index (κ3) is 4.93. The van der Waals surface area contributed by atoms with Gasteiger partial charge in [0.15, 0.2) is 0 Å². The molecule has 1 aromatic heterocycles. The molecule has 25 heavy (non-hydrogen) atoms. The Balaban J connectivity index is 1.99. The Morgan fingerprint density at radius 2 is 2.12 bits per heavy atom. The van der Waals surface area contributed by atoms with Crippen molar-refractivity contribution in [1.82, 2.24) is 5.16 Å². The third-order valence-electron chi connectivity index (χ3n) is 3.00. The maximum atomic E-state index is 12.6. The zero-order valence-corrected chi connectivity index (χ0v) is 12.8.